The van der Waals surface area contributed by atoms with Crippen LogP contribution in [0.15, 0.2) is 18.2 Å². The van der Waals surface area contributed by atoms with Crippen LogP contribution in [0, 0.1) is 0 Å². The lowest BCUT2D eigenvalue weighted by molar-refractivity contribution is 0.354. The monoisotopic (exact) mass is 223 g/mol. The summed E-state index contributed by atoms with van der Waals surface area (Å²) in [6.07, 6.45) is 2.24. The van der Waals surface area contributed by atoms with Crippen molar-refractivity contribution in [1.82, 2.24) is 0 Å². The Kier molecular flexibility index (Phi) is 5.12. The van der Waals surface area contributed by atoms with Gasteiger partial charge in [-0.25, -0.2) is 0 Å². The molecule has 90 valence electrons. The highest BCUT2D eigenvalue weighted by Gasteiger charge is 2.12. The van der Waals surface area contributed by atoms with E-state index in [0.29, 0.717) is 12.5 Å². The maximum Gasteiger partial charge on any atom is 0.160 e. The second kappa shape index (κ2) is 6.38. The Morgan fingerprint density at radius 3 is 2.38 bits per heavy atom. The number of rotatable bonds is 6. The lowest BCUT2D eigenvalue weighted by Gasteiger charge is -2.16. The number of hydrogen-bond acceptors (Lipinski definition) is 3. The van der Waals surface area contributed by atoms with Gasteiger partial charge in [0.25, 0.3) is 0 Å². The third-order valence-electron chi connectivity index (χ3n) is 2.80. The van der Waals surface area contributed by atoms with Gasteiger partial charge in [0.1, 0.15) is 0 Å². The van der Waals surface area contributed by atoms with E-state index in [0.717, 1.165) is 24.3 Å². The van der Waals surface area contributed by atoms with Gasteiger partial charge in [-0.15, -0.1) is 0 Å². The number of methoxy groups -OCH3 is 2. The number of nitrogens with two attached hydrogens (primary N) is 1. The van der Waals surface area contributed by atoms with Crippen LogP contribution in [0.1, 0.15) is 31.2 Å². The summed E-state index contributed by atoms with van der Waals surface area (Å²) >= 11 is 0. The Morgan fingerprint density at radius 1 is 1.19 bits per heavy atom. The smallest absolute Gasteiger partial charge is 0.160 e. The quantitative estimate of drug-likeness (QED) is 0.806. The second-order valence-electron chi connectivity index (χ2n) is 3.84. The average molecular weight is 223 g/mol. The van der Waals surface area contributed by atoms with E-state index in [1.165, 1.54) is 5.56 Å². The Morgan fingerprint density at radius 2 is 1.88 bits per heavy atom. The summed E-state index contributed by atoms with van der Waals surface area (Å²) in [5.41, 5.74) is 7.00. The molecule has 0 saturated carbocycles. The van der Waals surface area contributed by atoms with Gasteiger partial charge in [0, 0.05) is 0 Å². The first-order valence-electron chi connectivity index (χ1n) is 5.68. The van der Waals surface area contributed by atoms with Crippen LogP contribution < -0.4 is 15.2 Å². The molecule has 0 heterocycles. The van der Waals surface area contributed by atoms with Gasteiger partial charge in [0.05, 0.1) is 14.2 Å². The SMILES string of the molecule is CCC[C@@H](CN)c1ccc(OC)c(OC)c1. The first-order valence-corrected chi connectivity index (χ1v) is 5.68. The van der Waals surface area contributed by atoms with Crippen LogP contribution in [0.2, 0.25) is 0 Å². The molecule has 1 aromatic rings. The van der Waals surface area contributed by atoms with Gasteiger partial charge < -0.3 is 15.2 Å². The summed E-state index contributed by atoms with van der Waals surface area (Å²) in [6.45, 7) is 2.84. The molecule has 0 saturated heterocycles. The lowest BCUT2D eigenvalue weighted by Crippen LogP contribution is -2.12. The molecule has 0 amide bonds. The van der Waals surface area contributed by atoms with E-state index >= 15 is 0 Å². The first-order chi connectivity index (χ1) is 7.76. The van der Waals surface area contributed by atoms with Gasteiger partial charge >= 0.3 is 0 Å². The van der Waals surface area contributed by atoms with Crippen molar-refractivity contribution in [3.63, 3.8) is 0 Å². The zero-order valence-electron chi connectivity index (χ0n) is 10.3. The lowest BCUT2D eigenvalue weighted by atomic mass is 9.94. The largest absolute Gasteiger partial charge is 0.493 e. The molecular formula is C13H21NO2. The molecule has 1 aromatic carbocycles. The average Bonchev–Trinajstić information content (AvgIpc) is 2.35. The van der Waals surface area contributed by atoms with Crippen LogP contribution in [-0.4, -0.2) is 20.8 Å². The topological polar surface area (TPSA) is 44.5 Å². The summed E-state index contributed by atoms with van der Waals surface area (Å²) in [5.74, 6) is 1.94. The molecule has 2 N–H and O–H groups in total. The van der Waals surface area contributed by atoms with E-state index < -0.39 is 0 Å². The van der Waals surface area contributed by atoms with E-state index in [2.05, 4.69) is 13.0 Å². The minimum atomic E-state index is 0.407. The summed E-state index contributed by atoms with van der Waals surface area (Å²) in [6, 6.07) is 6.02. The van der Waals surface area contributed by atoms with Crippen LogP contribution in [-0.2, 0) is 0 Å². The Hall–Kier alpha value is -1.22. The maximum absolute atomic E-state index is 5.78. The fourth-order valence-corrected chi connectivity index (χ4v) is 1.88. The molecule has 3 heteroatoms. The molecular weight excluding hydrogens is 202 g/mol. The Bertz CT molecular complexity index is 326. The van der Waals surface area contributed by atoms with Gasteiger partial charge in [-0.1, -0.05) is 19.4 Å². The van der Waals surface area contributed by atoms with Gasteiger partial charge in [0.2, 0.25) is 0 Å². The van der Waals surface area contributed by atoms with Gasteiger partial charge in [0.15, 0.2) is 11.5 Å². The van der Waals surface area contributed by atoms with Gasteiger partial charge in [-0.05, 0) is 36.6 Å². The van der Waals surface area contributed by atoms with Crippen molar-refractivity contribution in [2.45, 2.75) is 25.7 Å². The van der Waals surface area contributed by atoms with E-state index in [1.807, 2.05) is 12.1 Å². The molecule has 1 atom stereocenters. The second-order valence-corrected chi connectivity index (χ2v) is 3.84. The summed E-state index contributed by atoms with van der Waals surface area (Å²) in [7, 11) is 3.29. The summed E-state index contributed by atoms with van der Waals surface area (Å²) in [5, 5.41) is 0. The van der Waals surface area contributed by atoms with E-state index in [9.17, 15) is 0 Å². The van der Waals surface area contributed by atoms with Gasteiger partial charge in [-0.3, -0.25) is 0 Å². The van der Waals surface area contributed by atoms with Crippen molar-refractivity contribution in [2.75, 3.05) is 20.8 Å². The van der Waals surface area contributed by atoms with Crippen LogP contribution in [0.25, 0.3) is 0 Å². The summed E-state index contributed by atoms with van der Waals surface area (Å²) < 4.78 is 10.5. The van der Waals surface area contributed by atoms with Crippen LogP contribution in [0.5, 0.6) is 11.5 Å². The van der Waals surface area contributed by atoms with Crippen LogP contribution in [0.4, 0.5) is 0 Å². The predicted molar refractivity (Wildman–Crippen MR) is 66.2 cm³/mol. The maximum atomic E-state index is 5.78. The van der Waals surface area contributed by atoms with Crippen LogP contribution in [0.3, 0.4) is 0 Å². The molecule has 0 aliphatic carbocycles. The minimum absolute atomic E-state index is 0.407. The third-order valence-corrected chi connectivity index (χ3v) is 2.80. The predicted octanol–water partition coefficient (Wildman–Crippen LogP) is 2.55. The fourth-order valence-electron chi connectivity index (χ4n) is 1.88. The normalized spacial score (nSPS) is 12.2. The van der Waals surface area contributed by atoms with Crippen LogP contribution >= 0.6 is 0 Å². The Balaban J connectivity index is 2.96. The molecule has 0 radical (unpaired) electrons. The zero-order chi connectivity index (χ0) is 12.0. The van der Waals surface area contributed by atoms with Crippen molar-refractivity contribution in [3.8, 4) is 11.5 Å². The minimum Gasteiger partial charge on any atom is -0.493 e. The highest BCUT2D eigenvalue weighted by molar-refractivity contribution is 5.44. The molecule has 3 nitrogen and oxygen atoms in total. The van der Waals surface area contributed by atoms with Crippen molar-refractivity contribution >= 4 is 0 Å². The fraction of sp³-hybridized carbons (Fsp3) is 0.538. The number of benzene rings is 1. The number of ether oxygens (including phenoxy) is 2. The van der Waals surface area contributed by atoms with E-state index in [1.54, 1.807) is 14.2 Å². The zero-order valence-corrected chi connectivity index (χ0v) is 10.3. The molecule has 0 aromatic heterocycles. The molecule has 0 spiro atoms. The summed E-state index contributed by atoms with van der Waals surface area (Å²) in [4.78, 5) is 0. The third kappa shape index (κ3) is 2.89. The van der Waals surface area contributed by atoms with Crippen molar-refractivity contribution < 1.29 is 9.47 Å². The molecule has 0 bridgehead atoms. The molecule has 0 aliphatic rings. The molecule has 0 aliphatic heterocycles. The van der Waals surface area contributed by atoms with Crippen molar-refractivity contribution in [3.05, 3.63) is 23.8 Å². The number of hydrogen-bond donors (Lipinski definition) is 1. The highest BCUT2D eigenvalue weighted by atomic mass is 16.5. The highest BCUT2D eigenvalue weighted by Crippen LogP contribution is 2.31. The van der Waals surface area contributed by atoms with Crippen molar-refractivity contribution in [2.24, 2.45) is 5.73 Å². The Labute approximate surface area is 97.6 Å². The van der Waals surface area contributed by atoms with E-state index in [-0.39, 0.29) is 0 Å². The molecule has 0 fully saturated rings. The van der Waals surface area contributed by atoms with E-state index in [4.69, 9.17) is 15.2 Å². The standard InChI is InChI=1S/C13H21NO2/c1-4-5-11(9-14)10-6-7-12(15-2)13(8-10)16-3/h6-8,11H,4-5,9,14H2,1-3H3/t11-/m0/s1. The van der Waals surface area contributed by atoms with Crippen molar-refractivity contribution in [1.29, 1.82) is 0 Å². The molecule has 1 rings (SSSR count). The van der Waals surface area contributed by atoms with Gasteiger partial charge in [-0.2, -0.15) is 0 Å². The molecule has 0 unspecified atom stereocenters. The first kappa shape index (κ1) is 12.8. The molecule has 16 heavy (non-hydrogen) atoms.